The summed E-state index contributed by atoms with van der Waals surface area (Å²) in [5.41, 5.74) is 1.33. The molecule has 0 saturated heterocycles. The largest absolute Gasteiger partial charge is 0.388 e. The summed E-state index contributed by atoms with van der Waals surface area (Å²) in [6.45, 7) is 0.304. The molecule has 0 aliphatic rings. The van der Waals surface area contributed by atoms with Crippen LogP contribution in [0.5, 0.6) is 0 Å². The van der Waals surface area contributed by atoms with Crippen LogP contribution in [0.4, 0.5) is 8.78 Å². The Morgan fingerprint density at radius 3 is 2.14 bits per heavy atom. The Morgan fingerprint density at radius 1 is 1.00 bits per heavy atom. The average Bonchev–Trinajstić information content (AvgIpc) is 2.50. The summed E-state index contributed by atoms with van der Waals surface area (Å²) in [6, 6.07) is 11.3. The molecule has 0 saturated carbocycles. The molecule has 0 aliphatic carbocycles. The van der Waals surface area contributed by atoms with E-state index in [1.807, 2.05) is 0 Å². The number of hydrogen-bond donors (Lipinski definition) is 2. The fourth-order valence-electron chi connectivity index (χ4n) is 2.05. The zero-order chi connectivity index (χ0) is 15.9. The molecule has 1 atom stereocenters. The summed E-state index contributed by atoms with van der Waals surface area (Å²) in [6.07, 6.45) is -0.264. The first-order valence-electron chi connectivity index (χ1n) is 6.99. The van der Waals surface area contributed by atoms with Gasteiger partial charge in [-0.3, -0.25) is 4.79 Å². The number of rotatable bonds is 6. The van der Waals surface area contributed by atoms with Crippen molar-refractivity contribution in [1.82, 2.24) is 5.32 Å². The summed E-state index contributed by atoms with van der Waals surface area (Å²) in [7, 11) is 0. The molecule has 1 unspecified atom stereocenters. The summed E-state index contributed by atoms with van der Waals surface area (Å²) in [5.74, 6) is -0.895. The lowest BCUT2D eigenvalue weighted by atomic mass is 10.1. The number of nitrogens with one attached hydrogen (secondary N) is 1. The highest BCUT2D eigenvalue weighted by Crippen LogP contribution is 2.16. The van der Waals surface area contributed by atoms with E-state index in [0.29, 0.717) is 18.5 Å². The van der Waals surface area contributed by atoms with Crippen LogP contribution in [-0.4, -0.2) is 17.6 Å². The van der Waals surface area contributed by atoms with Crippen molar-refractivity contribution in [3.63, 3.8) is 0 Å². The number of aliphatic hydroxyl groups excluding tert-OH is 1. The van der Waals surface area contributed by atoms with Crippen molar-refractivity contribution in [3.8, 4) is 0 Å². The highest BCUT2D eigenvalue weighted by molar-refractivity contribution is 5.78. The number of carbonyl (C=O) groups is 1. The van der Waals surface area contributed by atoms with Gasteiger partial charge in [0.2, 0.25) is 5.91 Å². The van der Waals surface area contributed by atoms with Crippen molar-refractivity contribution >= 4 is 5.91 Å². The molecule has 0 heterocycles. The van der Waals surface area contributed by atoms with Crippen molar-refractivity contribution in [2.75, 3.05) is 6.54 Å². The molecule has 0 aliphatic heterocycles. The summed E-state index contributed by atoms with van der Waals surface area (Å²) < 4.78 is 25.5. The first-order chi connectivity index (χ1) is 10.5. The lowest BCUT2D eigenvalue weighted by molar-refractivity contribution is -0.120. The normalized spacial score (nSPS) is 12.0. The van der Waals surface area contributed by atoms with Crippen molar-refractivity contribution in [2.24, 2.45) is 0 Å². The monoisotopic (exact) mass is 305 g/mol. The molecule has 0 bridgehead atoms. The van der Waals surface area contributed by atoms with E-state index < -0.39 is 6.10 Å². The number of hydrogen-bond acceptors (Lipinski definition) is 2. The van der Waals surface area contributed by atoms with Gasteiger partial charge < -0.3 is 10.4 Å². The Balaban J connectivity index is 1.74. The van der Waals surface area contributed by atoms with Crippen LogP contribution in [0.2, 0.25) is 0 Å². The summed E-state index contributed by atoms with van der Waals surface area (Å²) >= 11 is 0. The second kappa shape index (κ2) is 7.66. The van der Waals surface area contributed by atoms with Gasteiger partial charge in [-0.15, -0.1) is 0 Å². The van der Waals surface area contributed by atoms with Gasteiger partial charge in [0.05, 0.1) is 12.5 Å². The summed E-state index contributed by atoms with van der Waals surface area (Å²) in [5, 5.41) is 12.6. The van der Waals surface area contributed by atoms with E-state index in [-0.39, 0.29) is 24.0 Å². The molecule has 2 aromatic carbocycles. The third-order valence-corrected chi connectivity index (χ3v) is 3.27. The molecule has 1 amide bonds. The molecule has 22 heavy (non-hydrogen) atoms. The van der Waals surface area contributed by atoms with Gasteiger partial charge in [-0.05, 0) is 41.8 Å². The maximum absolute atomic E-state index is 12.8. The Labute approximate surface area is 127 Å². The molecule has 116 valence electrons. The number of benzene rings is 2. The number of halogens is 2. The van der Waals surface area contributed by atoms with Crippen LogP contribution in [0.3, 0.4) is 0 Å². The van der Waals surface area contributed by atoms with Crippen LogP contribution in [0, 0.1) is 11.6 Å². The Hall–Kier alpha value is -2.27. The number of carbonyl (C=O) groups excluding carboxylic acids is 1. The van der Waals surface area contributed by atoms with E-state index in [2.05, 4.69) is 5.32 Å². The van der Waals surface area contributed by atoms with Gasteiger partial charge in [-0.1, -0.05) is 24.3 Å². The maximum Gasteiger partial charge on any atom is 0.224 e. The van der Waals surface area contributed by atoms with E-state index in [1.54, 1.807) is 12.1 Å². The van der Waals surface area contributed by atoms with E-state index in [4.69, 9.17) is 0 Å². The third-order valence-electron chi connectivity index (χ3n) is 3.27. The Kier molecular flexibility index (Phi) is 5.61. The lowest BCUT2D eigenvalue weighted by Gasteiger charge is -2.11. The molecule has 0 aromatic heterocycles. The first kappa shape index (κ1) is 16.1. The average molecular weight is 305 g/mol. The highest BCUT2D eigenvalue weighted by atomic mass is 19.1. The van der Waals surface area contributed by atoms with Gasteiger partial charge in [-0.2, -0.15) is 0 Å². The van der Waals surface area contributed by atoms with Gasteiger partial charge in [0.25, 0.3) is 0 Å². The minimum atomic E-state index is -0.758. The van der Waals surface area contributed by atoms with Crippen LogP contribution in [0.1, 0.15) is 23.7 Å². The molecule has 5 heteroatoms. The molecule has 0 spiro atoms. The molecule has 0 radical (unpaired) electrons. The van der Waals surface area contributed by atoms with Crippen LogP contribution >= 0.6 is 0 Å². The predicted octanol–water partition coefficient (Wildman–Crippen LogP) is 2.75. The van der Waals surface area contributed by atoms with Gasteiger partial charge in [0.15, 0.2) is 0 Å². The number of aliphatic hydroxyl groups is 1. The van der Waals surface area contributed by atoms with Crippen LogP contribution in [-0.2, 0) is 11.2 Å². The lowest BCUT2D eigenvalue weighted by Crippen LogP contribution is -2.27. The van der Waals surface area contributed by atoms with Crippen LogP contribution < -0.4 is 5.32 Å². The standard InChI is InChI=1S/C17H17F2NO2/c18-14-5-1-12(2-6-14)11-17(22)20-10-9-16(21)13-3-7-15(19)8-4-13/h1-8,16,21H,9-11H2,(H,20,22). The van der Waals surface area contributed by atoms with Crippen LogP contribution in [0.25, 0.3) is 0 Å². The molecule has 3 nitrogen and oxygen atoms in total. The maximum atomic E-state index is 12.8. The molecule has 2 aromatic rings. The molecular formula is C17H17F2NO2. The Morgan fingerprint density at radius 2 is 1.55 bits per heavy atom. The minimum Gasteiger partial charge on any atom is -0.388 e. The fourth-order valence-corrected chi connectivity index (χ4v) is 2.05. The fraction of sp³-hybridized carbons (Fsp3) is 0.235. The summed E-state index contributed by atoms with van der Waals surface area (Å²) in [4.78, 5) is 11.7. The van der Waals surface area contributed by atoms with E-state index in [1.165, 1.54) is 36.4 Å². The number of amides is 1. The van der Waals surface area contributed by atoms with E-state index in [0.717, 1.165) is 5.56 Å². The zero-order valence-corrected chi connectivity index (χ0v) is 11.9. The topological polar surface area (TPSA) is 49.3 Å². The highest BCUT2D eigenvalue weighted by Gasteiger charge is 2.09. The quantitative estimate of drug-likeness (QED) is 0.862. The van der Waals surface area contributed by atoms with Crippen molar-refractivity contribution in [2.45, 2.75) is 18.9 Å². The van der Waals surface area contributed by atoms with Crippen molar-refractivity contribution < 1.29 is 18.7 Å². The SMILES string of the molecule is O=C(Cc1ccc(F)cc1)NCCC(O)c1ccc(F)cc1. The second-order valence-corrected chi connectivity index (χ2v) is 5.01. The van der Waals surface area contributed by atoms with E-state index >= 15 is 0 Å². The van der Waals surface area contributed by atoms with Gasteiger partial charge in [-0.25, -0.2) is 8.78 Å². The molecule has 0 fully saturated rings. The van der Waals surface area contributed by atoms with Crippen molar-refractivity contribution in [3.05, 3.63) is 71.3 Å². The minimum absolute atomic E-state index is 0.160. The van der Waals surface area contributed by atoms with Gasteiger partial charge >= 0.3 is 0 Å². The van der Waals surface area contributed by atoms with Crippen molar-refractivity contribution in [1.29, 1.82) is 0 Å². The molecule has 2 N–H and O–H groups in total. The smallest absolute Gasteiger partial charge is 0.224 e. The molecule has 2 rings (SSSR count). The van der Waals surface area contributed by atoms with Gasteiger partial charge in [0, 0.05) is 6.54 Å². The first-order valence-corrected chi connectivity index (χ1v) is 6.99. The second-order valence-electron chi connectivity index (χ2n) is 5.01. The zero-order valence-electron chi connectivity index (χ0n) is 11.9. The molecular weight excluding hydrogens is 288 g/mol. The predicted molar refractivity (Wildman–Crippen MR) is 79.1 cm³/mol. The third kappa shape index (κ3) is 4.93. The van der Waals surface area contributed by atoms with E-state index in [9.17, 15) is 18.7 Å². The van der Waals surface area contributed by atoms with Crippen LogP contribution in [0.15, 0.2) is 48.5 Å². The Bertz CT molecular complexity index is 612. The van der Waals surface area contributed by atoms with Gasteiger partial charge in [0.1, 0.15) is 11.6 Å².